The summed E-state index contributed by atoms with van der Waals surface area (Å²) in [7, 11) is 0. The van der Waals surface area contributed by atoms with Crippen LogP contribution in [0, 0.1) is 17.8 Å². The van der Waals surface area contributed by atoms with Gasteiger partial charge in [0, 0.05) is 23.3 Å². The van der Waals surface area contributed by atoms with Crippen molar-refractivity contribution in [1.29, 1.82) is 0 Å². The van der Waals surface area contributed by atoms with Crippen LogP contribution in [0.2, 0.25) is 0 Å². The van der Waals surface area contributed by atoms with Gasteiger partial charge in [0.2, 0.25) is 5.91 Å². The van der Waals surface area contributed by atoms with Gasteiger partial charge in [-0.15, -0.1) is 0 Å². The molecule has 1 fully saturated rings. The molecule has 1 N–H and O–H groups in total. The fourth-order valence-electron chi connectivity index (χ4n) is 2.70. The number of rotatable bonds is 0. The summed E-state index contributed by atoms with van der Waals surface area (Å²) >= 11 is 0. The van der Waals surface area contributed by atoms with E-state index in [1.165, 1.54) is 0 Å². The highest BCUT2D eigenvalue weighted by atomic mass is 16.2. The Bertz CT molecular complexity index is 431. The summed E-state index contributed by atoms with van der Waals surface area (Å²) in [5, 5.41) is 2.42. The molecular formula is C12H11NO2. The monoisotopic (exact) mass is 201 g/mol. The van der Waals surface area contributed by atoms with Gasteiger partial charge in [-0.3, -0.25) is 14.9 Å². The Labute approximate surface area is 87.5 Å². The molecule has 0 aromatic carbocycles. The zero-order valence-electron chi connectivity index (χ0n) is 8.14. The van der Waals surface area contributed by atoms with Gasteiger partial charge >= 0.3 is 0 Å². The van der Waals surface area contributed by atoms with Crippen molar-refractivity contribution in [3.63, 3.8) is 0 Å². The van der Waals surface area contributed by atoms with Gasteiger partial charge in [0.05, 0.1) is 0 Å². The summed E-state index contributed by atoms with van der Waals surface area (Å²) in [4.78, 5) is 23.3. The first kappa shape index (κ1) is 8.65. The molecule has 3 atom stereocenters. The average molecular weight is 201 g/mol. The molecule has 2 aliphatic carbocycles. The zero-order valence-corrected chi connectivity index (χ0v) is 8.14. The van der Waals surface area contributed by atoms with E-state index in [-0.39, 0.29) is 29.6 Å². The lowest BCUT2D eigenvalue weighted by Gasteiger charge is -2.38. The molecule has 0 spiro atoms. The summed E-state index contributed by atoms with van der Waals surface area (Å²) in [6, 6.07) is 0. The second-order valence-electron chi connectivity index (χ2n) is 4.20. The van der Waals surface area contributed by atoms with Crippen LogP contribution in [0.15, 0.2) is 36.0 Å². The second kappa shape index (κ2) is 2.92. The highest BCUT2D eigenvalue weighted by Gasteiger charge is 2.43. The predicted molar refractivity (Wildman–Crippen MR) is 54.6 cm³/mol. The predicted octanol–water partition coefficient (Wildman–Crippen LogP) is 0.947. The van der Waals surface area contributed by atoms with E-state index in [9.17, 15) is 9.59 Å². The molecule has 76 valence electrons. The molecule has 3 heteroatoms. The highest BCUT2D eigenvalue weighted by molar-refractivity contribution is 6.09. The zero-order chi connectivity index (χ0) is 10.4. The Morgan fingerprint density at radius 1 is 1.27 bits per heavy atom. The van der Waals surface area contributed by atoms with Gasteiger partial charge < -0.3 is 0 Å². The Hall–Kier alpha value is -1.64. The van der Waals surface area contributed by atoms with Crippen LogP contribution in [0.4, 0.5) is 0 Å². The number of hydrogen-bond donors (Lipinski definition) is 1. The third-order valence-corrected chi connectivity index (χ3v) is 3.40. The minimum absolute atomic E-state index is 0.0612. The van der Waals surface area contributed by atoms with Crippen molar-refractivity contribution in [1.82, 2.24) is 5.32 Å². The van der Waals surface area contributed by atoms with Crippen molar-refractivity contribution >= 4 is 11.8 Å². The Morgan fingerprint density at radius 3 is 3.00 bits per heavy atom. The molecule has 1 saturated heterocycles. The molecule has 2 unspecified atom stereocenters. The second-order valence-corrected chi connectivity index (χ2v) is 4.20. The first-order valence-corrected chi connectivity index (χ1v) is 5.17. The summed E-state index contributed by atoms with van der Waals surface area (Å²) in [5.41, 5.74) is 0.761. The standard InChI is InChI=1S/C12H11NO2/c14-11-8-5-1-3-7-4-2-6-9(10(7)8)12(15)13-11/h1-5,7,9-10H,6H2,(H,13,14,15)/t7?,9-,10?/m0/s1. The molecule has 0 bridgehead atoms. The molecule has 3 aliphatic rings. The first-order chi connectivity index (χ1) is 7.27. The smallest absolute Gasteiger partial charge is 0.254 e. The normalized spacial score (nSPS) is 37.1. The Balaban J connectivity index is 2.11. The van der Waals surface area contributed by atoms with Crippen molar-refractivity contribution in [3.8, 4) is 0 Å². The Kier molecular flexibility index (Phi) is 1.69. The van der Waals surface area contributed by atoms with Crippen molar-refractivity contribution < 1.29 is 9.59 Å². The molecule has 2 amide bonds. The van der Waals surface area contributed by atoms with Gasteiger partial charge in [-0.1, -0.05) is 30.4 Å². The minimum Gasteiger partial charge on any atom is -0.292 e. The summed E-state index contributed by atoms with van der Waals surface area (Å²) in [6.07, 6.45) is 10.7. The van der Waals surface area contributed by atoms with Crippen molar-refractivity contribution in [2.45, 2.75) is 6.42 Å². The van der Waals surface area contributed by atoms with Crippen molar-refractivity contribution in [2.75, 3.05) is 0 Å². The van der Waals surface area contributed by atoms with Crippen LogP contribution in [0.1, 0.15) is 6.42 Å². The molecule has 0 aromatic heterocycles. The van der Waals surface area contributed by atoms with Gasteiger partial charge in [-0.05, 0) is 6.42 Å². The van der Waals surface area contributed by atoms with E-state index in [2.05, 4.69) is 17.5 Å². The van der Waals surface area contributed by atoms with Crippen molar-refractivity contribution in [2.24, 2.45) is 17.8 Å². The number of imide groups is 1. The van der Waals surface area contributed by atoms with Gasteiger partial charge in [0.15, 0.2) is 0 Å². The van der Waals surface area contributed by atoms with Crippen LogP contribution in [0.5, 0.6) is 0 Å². The lowest BCUT2D eigenvalue weighted by Crippen LogP contribution is -2.50. The fraction of sp³-hybridized carbons (Fsp3) is 0.333. The summed E-state index contributed by atoms with van der Waals surface area (Å²) < 4.78 is 0. The van der Waals surface area contributed by atoms with Gasteiger partial charge in [-0.2, -0.15) is 0 Å². The van der Waals surface area contributed by atoms with Crippen LogP contribution >= 0.6 is 0 Å². The Morgan fingerprint density at radius 2 is 2.13 bits per heavy atom. The number of carbonyl (C=O) groups excluding carboxylic acids is 2. The van der Waals surface area contributed by atoms with Crippen LogP contribution < -0.4 is 5.32 Å². The van der Waals surface area contributed by atoms with Crippen LogP contribution in [0.3, 0.4) is 0 Å². The first-order valence-electron chi connectivity index (χ1n) is 5.17. The summed E-state index contributed by atoms with van der Waals surface area (Å²) in [5.74, 6) is -0.105. The molecule has 1 heterocycles. The highest BCUT2D eigenvalue weighted by Crippen LogP contribution is 2.40. The molecule has 1 aliphatic heterocycles. The van der Waals surface area contributed by atoms with E-state index >= 15 is 0 Å². The van der Waals surface area contributed by atoms with E-state index in [1.54, 1.807) is 0 Å². The van der Waals surface area contributed by atoms with Crippen molar-refractivity contribution in [3.05, 3.63) is 36.0 Å². The number of amides is 2. The maximum Gasteiger partial charge on any atom is 0.254 e. The third kappa shape index (κ3) is 1.12. The van der Waals surface area contributed by atoms with Gasteiger partial charge in [0.25, 0.3) is 5.91 Å². The van der Waals surface area contributed by atoms with E-state index < -0.39 is 0 Å². The van der Waals surface area contributed by atoms with E-state index in [4.69, 9.17) is 0 Å². The molecule has 15 heavy (non-hydrogen) atoms. The average Bonchev–Trinajstić information content (AvgIpc) is 2.25. The molecule has 3 nitrogen and oxygen atoms in total. The molecule has 0 saturated carbocycles. The van der Waals surface area contributed by atoms with Gasteiger partial charge in [0.1, 0.15) is 0 Å². The molecular weight excluding hydrogens is 190 g/mol. The number of nitrogens with one attached hydrogen (secondary N) is 1. The van der Waals surface area contributed by atoms with E-state index in [0.29, 0.717) is 0 Å². The number of carbonyl (C=O) groups is 2. The largest absolute Gasteiger partial charge is 0.292 e. The maximum atomic E-state index is 11.7. The topological polar surface area (TPSA) is 46.2 Å². The molecule has 0 radical (unpaired) electrons. The number of hydrogen-bond acceptors (Lipinski definition) is 2. The molecule has 0 aromatic rings. The quantitative estimate of drug-likeness (QED) is 0.468. The van der Waals surface area contributed by atoms with Gasteiger partial charge in [-0.25, -0.2) is 0 Å². The summed E-state index contributed by atoms with van der Waals surface area (Å²) in [6.45, 7) is 0. The van der Waals surface area contributed by atoms with Crippen LogP contribution in [0.25, 0.3) is 0 Å². The van der Waals surface area contributed by atoms with E-state index in [0.717, 1.165) is 12.0 Å². The van der Waals surface area contributed by atoms with E-state index in [1.807, 2.05) is 18.2 Å². The lowest BCUT2D eigenvalue weighted by molar-refractivity contribution is -0.135. The number of piperidine rings is 1. The molecule has 3 rings (SSSR count). The number of allylic oxidation sites excluding steroid dienone is 5. The maximum absolute atomic E-state index is 11.7. The minimum atomic E-state index is -0.217. The lowest BCUT2D eigenvalue weighted by atomic mass is 9.67. The third-order valence-electron chi connectivity index (χ3n) is 3.40. The SMILES string of the molecule is O=C1NC(=O)[C@H]2CC=CC3C=CC=C1C32. The van der Waals surface area contributed by atoms with Crippen LogP contribution in [-0.2, 0) is 9.59 Å². The fourth-order valence-corrected chi connectivity index (χ4v) is 2.70. The van der Waals surface area contributed by atoms with Crippen LogP contribution in [-0.4, -0.2) is 11.8 Å².